The second kappa shape index (κ2) is 9.05. The molecule has 1 heterocycles. The Bertz CT molecular complexity index is 379. The van der Waals surface area contributed by atoms with Crippen molar-refractivity contribution in [3.05, 3.63) is 0 Å². The fraction of sp³-hybridized carbons (Fsp3) is 1.00. The van der Waals surface area contributed by atoms with Crippen molar-refractivity contribution in [1.29, 1.82) is 0 Å². The summed E-state index contributed by atoms with van der Waals surface area (Å²) in [5, 5.41) is 3.40. The first kappa shape index (κ1) is 17.1. The maximum absolute atomic E-state index is 11.8. The maximum atomic E-state index is 11.8. The lowest BCUT2D eigenvalue weighted by atomic mass is 10.3. The minimum absolute atomic E-state index is 0.247. The van der Waals surface area contributed by atoms with Crippen molar-refractivity contribution in [3.8, 4) is 0 Å². The van der Waals surface area contributed by atoms with E-state index in [4.69, 9.17) is 4.74 Å². The molecule has 0 amide bonds. The van der Waals surface area contributed by atoms with Crippen LogP contribution in [-0.4, -0.2) is 71.0 Å². The van der Waals surface area contributed by atoms with Gasteiger partial charge < -0.3 is 10.1 Å². The highest BCUT2D eigenvalue weighted by molar-refractivity contribution is 7.89. The van der Waals surface area contributed by atoms with Crippen LogP contribution in [0.2, 0.25) is 0 Å². The minimum atomic E-state index is -3.09. The van der Waals surface area contributed by atoms with Crippen LogP contribution in [0, 0.1) is 0 Å². The van der Waals surface area contributed by atoms with E-state index in [1.54, 1.807) is 0 Å². The van der Waals surface area contributed by atoms with Crippen molar-refractivity contribution in [2.24, 2.45) is 0 Å². The third-order valence-corrected chi connectivity index (χ3v) is 5.40. The molecule has 0 spiro atoms. The molecule has 1 aliphatic carbocycles. The summed E-state index contributed by atoms with van der Waals surface area (Å²) in [6.07, 6.45) is 5.10. The lowest BCUT2D eigenvalue weighted by Gasteiger charge is -2.26. The van der Waals surface area contributed by atoms with Gasteiger partial charge in [-0.2, -0.15) is 0 Å². The van der Waals surface area contributed by atoms with Crippen LogP contribution in [0.25, 0.3) is 0 Å². The van der Waals surface area contributed by atoms with Gasteiger partial charge in [-0.25, -0.2) is 13.1 Å². The first-order valence-electron chi connectivity index (χ1n) is 8.16. The van der Waals surface area contributed by atoms with E-state index in [1.165, 1.54) is 12.8 Å². The first-order valence-corrected chi connectivity index (χ1v) is 9.82. The summed E-state index contributed by atoms with van der Waals surface area (Å²) in [4.78, 5) is 2.32. The highest BCUT2D eigenvalue weighted by Crippen LogP contribution is 2.18. The molecule has 124 valence electrons. The zero-order valence-corrected chi connectivity index (χ0v) is 13.7. The van der Waals surface area contributed by atoms with Crippen molar-refractivity contribution in [2.75, 3.05) is 51.7 Å². The van der Waals surface area contributed by atoms with Crippen LogP contribution in [0.4, 0.5) is 0 Å². The number of hydrogen-bond donors (Lipinski definition) is 2. The third kappa shape index (κ3) is 8.11. The van der Waals surface area contributed by atoms with Gasteiger partial charge in [0, 0.05) is 25.7 Å². The molecule has 1 saturated carbocycles. The van der Waals surface area contributed by atoms with Crippen LogP contribution in [0.15, 0.2) is 0 Å². The van der Waals surface area contributed by atoms with E-state index < -0.39 is 10.0 Å². The van der Waals surface area contributed by atoms with Gasteiger partial charge in [-0.3, -0.25) is 4.90 Å². The van der Waals surface area contributed by atoms with Crippen molar-refractivity contribution in [3.63, 3.8) is 0 Å². The Hall–Kier alpha value is -0.210. The van der Waals surface area contributed by atoms with Crippen LogP contribution in [0.1, 0.15) is 32.1 Å². The minimum Gasteiger partial charge on any atom is -0.379 e. The topological polar surface area (TPSA) is 70.7 Å². The monoisotopic (exact) mass is 319 g/mol. The quantitative estimate of drug-likeness (QED) is 0.531. The predicted molar refractivity (Wildman–Crippen MR) is 83.9 cm³/mol. The largest absolute Gasteiger partial charge is 0.379 e. The standard InChI is InChI=1S/C14H29N3O3S/c18-21(19,13-2-1-6-15-14-4-5-14)16-7-3-8-17-9-11-20-12-10-17/h14-16H,1-13H2. The average Bonchev–Trinajstić information content (AvgIpc) is 3.29. The van der Waals surface area contributed by atoms with Gasteiger partial charge in [-0.05, 0) is 45.2 Å². The van der Waals surface area contributed by atoms with Gasteiger partial charge >= 0.3 is 0 Å². The number of morpholine rings is 1. The van der Waals surface area contributed by atoms with Crippen LogP contribution >= 0.6 is 0 Å². The molecule has 1 saturated heterocycles. The molecule has 0 bridgehead atoms. The van der Waals surface area contributed by atoms with Gasteiger partial charge in [0.1, 0.15) is 0 Å². The van der Waals surface area contributed by atoms with Crippen LogP contribution in [-0.2, 0) is 14.8 Å². The Morgan fingerprint density at radius 1 is 1.05 bits per heavy atom. The van der Waals surface area contributed by atoms with Gasteiger partial charge in [0.2, 0.25) is 10.0 Å². The van der Waals surface area contributed by atoms with E-state index >= 15 is 0 Å². The molecule has 0 aromatic rings. The molecule has 0 atom stereocenters. The predicted octanol–water partition coefficient (Wildman–Crippen LogP) is 0.160. The van der Waals surface area contributed by atoms with Gasteiger partial charge in [-0.15, -0.1) is 0 Å². The SMILES string of the molecule is O=S(=O)(CCCCNC1CC1)NCCCN1CCOCC1. The molecule has 21 heavy (non-hydrogen) atoms. The lowest BCUT2D eigenvalue weighted by Crippen LogP contribution is -2.38. The Morgan fingerprint density at radius 2 is 1.81 bits per heavy atom. The fourth-order valence-corrected chi connectivity index (χ4v) is 3.62. The smallest absolute Gasteiger partial charge is 0.211 e. The lowest BCUT2D eigenvalue weighted by molar-refractivity contribution is 0.0376. The summed E-state index contributed by atoms with van der Waals surface area (Å²) in [6, 6.07) is 0.708. The van der Waals surface area contributed by atoms with E-state index in [0.717, 1.165) is 58.7 Å². The molecule has 7 heteroatoms. The number of hydrogen-bond acceptors (Lipinski definition) is 5. The number of sulfonamides is 1. The summed E-state index contributed by atoms with van der Waals surface area (Å²) in [6.45, 7) is 5.93. The van der Waals surface area contributed by atoms with Gasteiger partial charge in [0.05, 0.1) is 19.0 Å². The average molecular weight is 319 g/mol. The molecule has 2 aliphatic rings. The highest BCUT2D eigenvalue weighted by atomic mass is 32.2. The van der Waals surface area contributed by atoms with E-state index in [1.807, 2.05) is 0 Å². The van der Waals surface area contributed by atoms with Gasteiger partial charge in [0.25, 0.3) is 0 Å². The van der Waals surface area contributed by atoms with E-state index in [2.05, 4.69) is 14.9 Å². The summed E-state index contributed by atoms with van der Waals surface area (Å²) < 4.78 is 31.6. The Labute approximate surface area is 128 Å². The van der Waals surface area contributed by atoms with Crippen LogP contribution < -0.4 is 10.0 Å². The van der Waals surface area contributed by atoms with Crippen molar-refractivity contribution < 1.29 is 13.2 Å². The van der Waals surface area contributed by atoms with Crippen LogP contribution in [0.5, 0.6) is 0 Å². The fourth-order valence-electron chi connectivity index (χ4n) is 2.44. The molecule has 0 aromatic carbocycles. The maximum Gasteiger partial charge on any atom is 0.211 e. The zero-order chi connectivity index (χ0) is 15.0. The van der Waals surface area contributed by atoms with Gasteiger partial charge in [0.15, 0.2) is 0 Å². The summed E-state index contributed by atoms with van der Waals surface area (Å²) >= 11 is 0. The number of ether oxygens (including phenoxy) is 1. The number of nitrogens with one attached hydrogen (secondary N) is 2. The van der Waals surface area contributed by atoms with E-state index in [0.29, 0.717) is 12.6 Å². The zero-order valence-electron chi connectivity index (χ0n) is 12.8. The number of unbranched alkanes of at least 4 members (excludes halogenated alkanes) is 1. The number of nitrogens with zero attached hydrogens (tertiary/aromatic N) is 1. The summed E-state index contributed by atoms with van der Waals surface area (Å²) in [5.74, 6) is 0.247. The normalized spacial score (nSPS) is 20.8. The Balaban J connectivity index is 1.45. The second-order valence-electron chi connectivity index (χ2n) is 5.96. The van der Waals surface area contributed by atoms with Crippen LogP contribution in [0.3, 0.4) is 0 Å². The second-order valence-corrected chi connectivity index (χ2v) is 7.88. The van der Waals surface area contributed by atoms with Gasteiger partial charge in [-0.1, -0.05) is 0 Å². The Morgan fingerprint density at radius 3 is 2.52 bits per heavy atom. The summed E-state index contributed by atoms with van der Waals surface area (Å²) in [7, 11) is -3.09. The molecule has 2 fully saturated rings. The molecule has 2 rings (SSSR count). The molecule has 6 nitrogen and oxygen atoms in total. The molecule has 1 aliphatic heterocycles. The highest BCUT2D eigenvalue weighted by Gasteiger charge is 2.19. The third-order valence-electron chi connectivity index (χ3n) is 3.93. The first-order chi connectivity index (χ1) is 10.2. The molecule has 0 aromatic heterocycles. The molecule has 0 unspecified atom stereocenters. The van der Waals surface area contributed by atoms with Crippen molar-refractivity contribution >= 4 is 10.0 Å². The molecule has 2 N–H and O–H groups in total. The van der Waals surface area contributed by atoms with E-state index in [-0.39, 0.29) is 5.75 Å². The van der Waals surface area contributed by atoms with Crippen molar-refractivity contribution in [2.45, 2.75) is 38.1 Å². The number of rotatable bonds is 11. The summed E-state index contributed by atoms with van der Waals surface area (Å²) in [5.41, 5.74) is 0. The molecular weight excluding hydrogens is 290 g/mol. The molecule has 0 radical (unpaired) electrons. The van der Waals surface area contributed by atoms with Crippen molar-refractivity contribution in [1.82, 2.24) is 14.9 Å². The Kier molecular flexibility index (Phi) is 7.39. The molecular formula is C14H29N3O3S. The van der Waals surface area contributed by atoms with E-state index in [9.17, 15) is 8.42 Å².